The molecule has 0 saturated heterocycles. The minimum atomic E-state index is -0.498. The van der Waals surface area contributed by atoms with Crippen LogP contribution in [0.4, 0.5) is 5.69 Å². The maximum Gasteiger partial charge on any atom is 0.271 e. The van der Waals surface area contributed by atoms with Crippen LogP contribution in [-0.4, -0.2) is 37.3 Å². The van der Waals surface area contributed by atoms with Gasteiger partial charge in [-0.15, -0.1) is 5.10 Å². The van der Waals surface area contributed by atoms with E-state index in [2.05, 4.69) is 26.1 Å². The Kier molecular flexibility index (Phi) is 4.51. The average molecular weight is 337 g/mol. The minimum Gasteiger partial charge on any atom is -0.267 e. The second-order valence-corrected chi connectivity index (χ2v) is 4.85. The summed E-state index contributed by atoms with van der Waals surface area (Å²) in [6, 6.07) is 12.5. The van der Waals surface area contributed by atoms with Gasteiger partial charge in [0.15, 0.2) is 0 Å². The Labute approximate surface area is 140 Å². The molecule has 3 rings (SSSR count). The van der Waals surface area contributed by atoms with Crippen LogP contribution in [0, 0.1) is 10.1 Å². The summed E-state index contributed by atoms with van der Waals surface area (Å²) >= 11 is 0. The number of nitrogens with one attached hydrogen (secondary N) is 1. The van der Waals surface area contributed by atoms with Gasteiger partial charge in [0.2, 0.25) is 0 Å². The van der Waals surface area contributed by atoms with E-state index in [4.69, 9.17) is 0 Å². The van der Waals surface area contributed by atoms with Crippen LogP contribution in [0.15, 0.2) is 60.0 Å². The molecule has 2 aromatic carbocycles. The molecule has 0 aliphatic carbocycles. The molecule has 0 unspecified atom stereocenters. The van der Waals surface area contributed by atoms with E-state index in [1.165, 1.54) is 29.4 Å². The molecule has 3 aromatic rings. The lowest BCUT2D eigenvalue weighted by Crippen LogP contribution is -2.17. The number of aromatic nitrogens is 4. The number of carbonyl (C=O) groups excluding carboxylic acids is 1. The predicted octanol–water partition coefficient (Wildman–Crippen LogP) is 1.33. The van der Waals surface area contributed by atoms with E-state index in [1.54, 1.807) is 36.4 Å². The van der Waals surface area contributed by atoms with E-state index >= 15 is 0 Å². The summed E-state index contributed by atoms with van der Waals surface area (Å²) in [5.41, 5.74) is 3.93. The largest absolute Gasteiger partial charge is 0.271 e. The van der Waals surface area contributed by atoms with Crippen LogP contribution in [-0.2, 0) is 0 Å². The Morgan fingerprint density at radius 2 is 2.04 bits per heavy atom. The summed E-state index contributed by atoms with van der Waals surface area (Å²) in [5.74, 6) is -0.412. The molecule has 0 atom stereocenters. The molecule has 10 nitrogen and oxygen atoms in total. The number of carbonyl (C=O) groups is 1. The first kappa shape index (κ1) is 15.9. The van der Waals surface area contributed by atoms with Crippen molar-refractivity contribution in [1.82, 2.24) is 25.6 Å². The zero-order valence-corrected chi connectivity index (χ0v) is 12.7. The normalized spacial score (nSPS) is 10.7. The first-order valence-corrected chi connectivity index (χ1v) is 7.05. The molecule has 1 heterocycles. The molecule has 0 fully saturated rings. The fraction of sp³-hybridized carbons (Fsp3) is 0. The summed E-state index contributed by atoms with van der Waals surface area (Å²) in [6.07, 6.45) is 2.78. The number of amides is 1. The Balaban J connectivity index is 1.64. The highest BCUT2D eigenvalue weighted by atomic mass is 16.6. The van der Waals surface area contributed by atoms with Gasteiger partial charge in [-0.1, -0.05) is 12.1 Å². The zero-order valence-electron chi connectivity index (χ0n) is 12.7. The standard InChI is InChI=1S/C15H11N7O3/c23-15(12-4-6-13(7-5-12)21-10-17-19-20-21)18-16-9-11-2-1-3-14(8-11)22(24)25/h1-10H,(H,18,23)/b16-9+. The highest BCUT2D eigenvalue weighted by molar-refractivity contribution is 5.95. The molecule has 0 saturated carbocycles. The third-order valence-corrected chi connectivity index (χ3v) is 3.20. The number of hydrazone groups is 1. The molecule has 124 valence electrons. The maximum absolute atomic E-state index is 12.0. The predicted molar refractivity (Wildman–Crippen MR) is 87.3 cm³/mol. The summed E-state index contributed by atoms with van der Waals surface area (Å²) in [5, 5.41) is 25.3. The van der Waals surface area contributed by atoms with Gasteiger partial charge in [0.1, 0.15) is 6.33 Å². The van der Waals surface area contributed by atoms with Gasteiger partial charge in [-0.05, 0) is 34.7 Å². The van der Waals surface area contributed by atoms with E-state index in [0.717, 1.165) is 0 Å². The van der Waals surface area contributed by atoms with Gasteiger partial charge in [0, 0.05) is 23.3 Å². The number of benzene rings is 2. The SMILES string of the molecule is O=C(N/N=C/c1cccc([N+](=O)[O-])c1)c1ccc(-n2cnnn2)cc1. The van der Waals surface area contributed by atoms with Crippen molar-refractivity contribution in [2.45, 2.75) is 0 Å². The molecule has 0 aliphatic heterocycles. The first-order valence-electron chi connectivity index (χ1n) is 7.05. The number of nitrogens with zero attached hydrogens (tertiary/aromatic N) is 6. The summed E-state index contributed by atoms with van der Waals surface area (Å²) in [6.45, 7) is 0. The number of tetrazole rings is 1. The summed E-state index contributed by atoms with van der Waals surface area (Å²) < 4.78 is 1.46. The van der Waals surface area contributed by atoms with Crippen LogP contribution in [0.5, 0.6) is 0 Å². The Hall–Kier alpha value is -3.95. The van der Waals surface area contributed by atoms with Gasteiger partial charge in [-0.3, -0.25) is 14.9 Å². The lowest BCUT2D eigenvalue weighted by molar-refractivity contribution is -0.384. The summed E-state index contributed by atoms with van der Waals surface area (Å²) in [4.78, 5) is 22.2. The monoisotopic (exact) mass is 337 g/mol. The van der Waals surface area contributed by atoms with Crippen LogP contribution in [0.2, 0.25) is 0 Å². The first-order chi connectivity index (χ1) is 12.1. The molecule has 10 heteroatoms. The molecular weight excluding hydrogens is 326 g/mol. The van der Waals surface area contributed by atoms with Crippen molar-refractivity contribution in [1.29, 1.82) is 0 Å². The molecule has 1 aromatic heterocycles. The molecule has 1 amide bonds. The average Bonchev–Trinajstić information content (AvgIpc) is 3.17. The molecular formula is C15H11N7O3. The number of hydrogen-bond donors (Lipinski definition) is 1. The second-order valence-electron chi connectivity index (χ2n) is 4.85. The molecule has 0 radical (unpaired) electrons. The molecule has 0 bridgehead atoms. The van der Waals surface area contributed by atoms with E-state index in [0.29, 0.717) is 16.8 Å². The van der Waals surface area contributed by atoms with E-state index in [-0.39, 0.29) is 5.69 Å². The van der Waals surface area contributed by atoms with Crippen molar-refractivity contribution in [3.63, 3.8) is 0 Å². The highest BCUT2D eigenvalue weighted by Gasteiger charge is 2.06. The fourth-order valence-corrected chi connectivity index (χ4v) is 1.99. The maximum atomic E-state index is 12.0. The van der Waals surface area contributed by atoms with Crippen molar-refractivity contribution in [3.05, 3.63) is 76.1 Å². The quantitative estimate of drug-likeness (QED) is 0.425. The topological polar surface area (TPSA) is 128 Å². The molecule has 25 heavy (non-hydrogen) atoms. The van der Waals surface area contributed by atoms with Crippen LogP contribution in [0.1, 0.15) is 15.9 Å². The third-order valence-electron chi connectivity index (χ3n) is 3.20. The van der Waals surface area contributed by atoms with Gasteiger partial charge >= 0.3 is 0 Å². The molecule has 0 aliphatic rings. The number of non-ortho nitro benzene ring substituents is 1. The van der Waals surface area contributed by atoms with Crippen molar-refractivity contribution < 1.29 is 9.72 Å². The van der Waals surface area contributed by atoms with Crippen LogP contribution in [0.25, 0.3) is 5.69 Å². The number of rotatable bonds is 5. The number of hydrogen-bond acceptors (Lipinski definition) is 7. The van der Waals surface area contributed by atoms with Crippen LogP contribution < -0.4 is 5.43 Å². The number of nitro benzene ring substituents is 1. The highest BCUT2D eigenvalue weighted by Crippen LogP contribution is 2.11. The lowest BCUT2D eigenvalue weighted by atomic mass is 10.2. The Morgan fingerprint density at radius 1 is 1.24 bits per heavy atom. The number of nitro groups is 1. The van der Waals surface area contributed by atoms with Gasteiger partial charge < -0.3 is 0 Å². The van der Waals surface area contributed by atoms with Crippen molar-refractivity contribution in [2.24, 2.45) is 5.10 Å². The van der Waals surface area contributed by atoms with Gasteiger partial charge in [0.05, 0.1) is 16.8 Å². The molecule has 0 spiro atoms. The van der Waals surface area contributed by atoms with E-state index in [1.807, 2.05) is 0 Å². The van der Waals surface area contributed by atoms with Crippen LogP contribution in [0.3, 0.4) is 0 Å². The van der Waals surface area contributed by atoms with Crippen molar-refractivity contribution in [3.8, 4) is 5.69 Å². The van der Waals surface area contributed by atoms with Gasteiger partial charge in [0.25, 0.3) is 11.6 Å². The fourth-order valence-electron chi connectivity index (χ4n) is 1.99. The zero-order chi connectivity index (χ0) is 17.6. The van der Waals surface area contributed by atoms with E-state index in [9.17, 15) is 14.9 Å². The second kappa shape index (κ2) is 7.08. The van der Waals surface area contributed by atoms with Crippen LogP contribution >= 0.6 is 0 Å². The third kappa shape index (κ3) is 3.88. The van der Waals surface area contributed by atoms with E-state index < -0.39 is 10.8 Å². The summed E-state index contributed by atoms with van der Waals surface area (Å²) in [7, 11) is 0. The Morgan fingerprint density at radius 3 is 2.72 bits per heavy atom. The smallest absolute Gasteiger partial charge is 0.267 e. The molecule has 1 N–H and O–H groups in total. The van der Waals surface area contributed by atoms with Gasteiger partial charge in [-0.25, -0.2) is 10.1 Å². The minimum absolute atomic E-state index is 0.0477. The Bertz CT molecular complexity index is 921. The van der Waals surface area contributed by atoms with Crippen molar-refractivity contribution >= 4 is 17.8 Å². The lowest BCUT2D eigenvalue weighted by Gasteiger charge is -2.02. The van der Waals surface area contributed by atoms with Gasteiger partial charge in [-0.2, -0.15) is 5.10 Å². The van der Waals surface area contributed by atoms with Crippen molar-refractivity contribution in [2.75, 3.05) is 0 Å².